The number of hydrogen-bond acceptors (Lipinski definition) is 2. The van der Waals surface area contributed by atoms with Gasteiger partial charge in [0.25, 0.3) is 0 Å². The second kappa shape index (κ2) is 4.63. The molecule has 0 aliphatic carbocycles. The largest absolute Gasteiger partial charge is 0.312 e. The molecule has 88 valence electrons. The van der Waals surface area contributed by atoms with E-state index in [0.29, 0.717) is 0 Å². The van der Waals surface area contributed by atoms with Crippen molar-refractivity contribution >= 4 is 33.7 Å². The van der Waals surface area contributed by atoms with E-state index in [1.54, 1.807) is 0 Å². The summed E-state index contributed by atoms with van der Waals surface area (Å²) in [5, 5.41) is 0. The average Bonchev–Trinajstić information content (AvgIpc) is 2.77. The molecule has 0 fully saturated rings. The van der Waals surface area contributed by atoms with Crippen LogP contribution in [-0.2, 0) is 0 Å². The molecule has 0 unspecified atom stereocenters. The number of benzene rings is 2. The Morgan fingerprint density at radius 2 is 1.72 bits per heavy atom. The molecule has 1 N–H and O–H groups in total. The summed E-state index contributed by atoms with van der Waals surface area (Å²) in [4.78, 5) is 14.0. The van der Waals surface area contributed by atoms with Crippen molar-refractivity contribution in [3.63, 3.8) is 0 Å². The molecule has 18 heavy (non-hydrogen) atoms. The van der Waals surface area contributed by atoms with E-state index < -0.39 is 0 Å². The Labute approximate surface area is 108 Å². The van der Waals surface area contributed by atoms with E-state index in [4.69, 9.17) is 0 Å². The third kappa shape index (κ3) is 2.26. The number of hydrogen-bond donors (Lipinski definition) is 1. The van der Waals surface area contributed by atoms with E-state index >= 15 is 0 Å². The maximum atomic E-state index is 11.2. The average molecular weight is 253 g/mol. The van der Waals surface area contributed by atoms with E-state index in [1.165, 1.54) is 16.9 Å². The Morgan fingerprint density at radius 1 is 0.944 bits per heavy atom. The first-order valence-electron chi connectivity index (χ1n) is 5.67. The summed E-state index contributed by atoms with van der Waals surface area (Å²) in [5.41, 5.74) is 3.17. The van der Waals surface area contributed by atoms with Crippen molar-refractivity contribution in [1.82, 2.24) is 4.98 Å². The number of nitrogens with one attached hydrogen (secondary N) is 1. The molecule has 0 saturated carbocycles. The van der Waals surface area contributed by atoms with Crippen molar-refractivity contribution in [1.29, 1.82) is 0 Å². The SMILES string of the molecule is O=c1[nH]c2ccc(/C=C/c3ccccc3)cc2s1. The van der Waals surface area contributed by atoms with Crippen LogP contribution < -0.4 is 4.87 Å². The van der Waals surface area contributed by atoms with Crippen molar-refractivity contribution < 1.29 is 0 Å². The van der Waals surface area contributed by atoms with E-state index in [0.717, 1.165) is 15.8 Å². The molecule has 1 aromatic heterocycles. The van der Waals surface area contributed by atoms with Gasteiger partial charge in [0, 0.05) is 0 Å². The lowest BCUT2D eigenvalue weighted by Crippen LogP contribution is -1.89. The Hall–Kier alpha value is -2.13. The first-order valence-corrected chi connectivity index (χ1v) is 6.49. The number of fused-ring (bicyclic) bond motifs is 1. The van der Waals surface area contributed by atoms with Crippen LogP contribution in [0.1, 0.15) is 11.1 Å². The highest BCUT2D eigenvalue weighted by Crippen LogP contribution is 2.17. The van der Waals surface area contributed by atoms with Crippen LogP contribution in [0.25, 0.3) is 22.4 Å². The fraction of sp³-hybridized carbons (Fsp3) is 0. The van der Waals surface area contributed by atoms with Gasteiger partial charge in [0.1, 0.15) is 0 Å². The molecule has 3 aromatic rings. The van der Waals surface area contributed by atoms with Gasteiger partial charge in [-0.1, -0.05) is 59.9 Å². The van der Waals surface area contributed by atoms with Gasteiger partial charge in [-0.05, 0) is 23.3 Å². The van der Waals surface area contributed by atoms with Gasteiger partial charge in [0.05, 0.1) is 10.2 Å². The molecule has 0 atom stereocenters. The van der Waals surface area contributed by atoms with Crippen molar-refractivity contribution in [2.45, 2.75) is 0 Å². The Kier molecular flexibility index (Phi) is 2.82. The third-order valence-corrected chi connectivity index (χ3v) is 3.56. The first kappa shape index (κ1) is 11.0. The molecular weight excluding hydrogens is 242 g/mol. The molecule has 0 saturated heterocycles. The number of rotatable bonds is 2. The molecule has 2 nitrogen and oxygen atoms in total. The van der Waals surface area contributed by atoms with Gasteiger partial charge >= 0.3 is 4.87 Å². The van der Waals surface area contributed by atoms with Gasteiger partial charge in [0.2, 0.25) is 0 Å². The van der Waals surface area contributed by atoms with Crippen molar-refractivity contribution in [3.05, 3.63) is 69.3 Å². The number of aromatic nitrogens is 1. The van der Waals surface area contributed by atoms with Crippen LogP contribution in [0.2, 0.25) is 0 Å². The summed E-state index contributed by atoms with van der Waals surface area (Å²) in [7, 11) is 0. The van der Waals surface area contributed by atoms with E-state index in [9.17, 15) is 4.79 Å². The van der Waals surface area contributed by atoms with Gasteiger partial charge < -0.3 is 4.98 Å². The fourth-order valence-electron chi connectivity index (χ4n) is 1.82. The van der Waals surface area contributed by atoms with Crippen LogP contribution in [0.15, 0.2) is 53.3 Å². The lowest BCUT2D eigenvalue weighted by atomic mass is 10.1. The quantitative estimate of drug-likeness (QED) is 0.693. The standard InChI is InChI=1S/C15H11NOS/c17-15-16-13-9-8-12(10-14(13)18-15)7-6-11-4-2-1-3-5-11/h1-10H,(H,16,17)/b7-6+. The lowest BCUT2D eigenvalue weighted by Gasteiger charge is -1.94. The summed E-state index contributed by atoms with van der Waals surface area (Å²) >= 11 is 1.24. The van der Waals surface area contributed by atoms with Gasteiger partial charge in [-0.25, -0.2) is 0 Å². The molecule has 0 bridgehead atoms. The van der Waals surface area contributed by atoms with Crippen LogP contribution in [0, 0.1) is 0 Å². The third-order valence-electron chi connectivity index (χ3n) is 2.71. The zero-order chi connectivity index (χ0) is 12.4. The van der Waals surface area contributed by atoms with Crippen LogP contribution in [-0.4, -0.2) is 4.98 Å². The van der Waals surface area contributed by atoms with Gasteiger partial charge in [-0.3, -0.25) is 4.79 Å². The zero-order valence-corrected chi connectivity index (χ0v) is 10.4. The molecule has 0 aliphatic heterocycles. The van der Waals surface area contributed by atoms with Crippen LogP contribution >= 0.6 is 11.3 Å². The van der Waals surface area contributed by atoms with Crippen molar-refractivity contribution in [3.8, 4) is 0 Å². The molecule has 3 rings (SSSR count). The monoisotopic (exact) mass is 253 g/mol. The topological polar surface area (TPSA) is 32.9 Å². The second-order valence-electron chi connectivity index (χ2n) is 4.01. The Balaban J connectivity index is 1.95. The zero-order valence-electron chi connectivity index (χ0n) is 9.59. The van der Waals surface area contributed by atoms with E-state index in [1.807, 2.05) is 36.4 Å². The normalized spacial score (nSPS) is 11.3. The number of aromatic amines is 1. The molecule has 0 spiro atoms. The summed E-state index contributed by atoms with van der Waals surface area (Å²) in [6.45, 7) is 0. The lowest BCUT2D eigenvalue weighted by molar-refractivity contribution is 1.41. The molecule has 3 heteroatoms. The van der Waals surface area contributed by atoms with Gasteiger partial charge in [-0.15, -0.1) is 0 Å². The molecule has 2 aromatic carbocycles. The predicted molar refractivity (Wildman–Crippen MR) is 77.8 cm³/mol. The molecule has 1 heterocycles. The second-order valence-corrected chi connectivity index (χ2v) is 5.03. The number of H-pyrrole nitrogens is 1. The van der Waals surface area contributed by atoms with Crippen LogP contribution in [0.4, 0.5) is 0 Å². The fourth-order valence-corrected chi connectivity index (χ4v) is 2.61. The Morgan fingerprint density at radius 3 is 2.56 bits per heavy atom. The highest BCUT2D eigenvalue weighted by atomic mass is 32.1. The van der Waals surface area contributed by atoms with Gasteiger partial charge in [0.15, 0.2) is 0 Å². The number of thiazole rings is 1. The summed E-state index contributed by atoms with van der Waals surface area (Å²) in [5.74, 6) is 0. The highest BCUT2D eigenvalue weighted by molar-refractivity contribution is 7.16. The molecular formula is C15H11NOS. The van der Waals surface area contributed by atoms with Crippen molar-refractivity contribution in [2.24, 2.45) is 0 Å². The summed E-state index contributed by atoms with van der Waals surface area (Å²) in [6, 6.07) is 16.1. The molecule has 0 radical (unpaired) electrons. The maximum absolute atomic E-state index is 11.2. The first-order chi connectivity index (χ1) is 8.81. The Bertz CT molecular complexity index is 753. The van der Waals surface area contributed by atoms with Crippen LogP contribution in [0.5, 0.6) is 0 Å². The van der Waals surface area contributed by atoms with Crippen LogP contribution in [0.3, 0.4) is 0 Å². The minimum Gasteiger partial charge on any atom is -0.312 e. The van der Waals surface area contributed by atoms with Gasteiger partial charge in [-0.2, -0.15) is 0 Å². The van der Waals surface area contributed by atoms with Crippen molar-refractivity contribution in [2.75, 3.05) is 0 Å². The van der Waals surface area contributed by atoms with E-state index in [2.05, 4.69) is 29.3 Å². The minimum atomic E-state index is -0.00538. The maximum Gasteiger partial charge on any atom is 0.305 e. The summed E-state index contributed by atoms with van der Waals surface area (Å²) < 4.78 is 0.996. The molecule has 0 aliphatic rings. The smallest absolute Gasteiger partial charge is 0.305 e. The highest BCUT2D eigenvalue weighted by Gasteiger charge is 1.98. The molecule has 0 amide bonds. The minimum absolute atomic E-state index is 0.00538. The predicted octanol–water partition coefficient (Wildman–Crippen LogP) is 3.76. The van der Waals surface area contributed by atoms with E-state index in [-0.39, 0.29) is 4.87 Å². The summed E-state index contributed by atoms with van der Waals surface area (Å²) in [6.07, 6.45) is 4.12.